The van der Waals surface area contributed by atoms with Crippen molar-refractivity contribution < 1.29 is 14.3 Å². The number of hydrogen-bond donors (Lipinski definition) is 1. The van der Waals surface area contributed by atoms with E-state index in [0.717, 1.165) is 37.7 Å². The standard InChI is InChI=1S/C20H30N2O3/c1-16(25-18-11-7-4-8-12-18)13-22(2)14-20(24)21-19(15-23)17-9-5-3-6-10-17/h4,7-8,11-12,15-17,19H,3,5-6,9-10,13-14H2,1-2H3,(H,21,24). The summed E-state index contributed by atoms with van der Waals surface area (Å²) in [5, 5.41) is 2.90. The zero-order valence-corrected chi connectivity index (χ0v) is 15.3. The van der Waals surface area contributed by atoms with Crippen LogP contribution in [0.15, 0.2) is 30.3 Å². The summed E-state index contributed by atoms with van der Waals surface area (Å²) in [6.07, 6.45) is 6.47. The molecular weight excluding hydrogens is 316 g/mol. The van der Waals surface area contributed by atoms with Gasteiger partial charge in [-0.05, 0) is 44.9 Å². The highest BCUT2D eigenvalue weighted by molar-refractivity contribution is 5.81. The van der Waals surface area contributed by atoms with Gasteiger partial charge in [-0.1, -0.05) is 37.5 Å². The van der Waals surface area contributed by atoms with Gasteiger partial charge in [0, 0.05) is 6.54 Å². The molecule has 1 aromatic carbocycles. The number of amides is 1. The van der Waals surface area contributed by atoms with E-state index in [1.807, 2.05) is 49.2 Å². The van der Waals surface area contributed by atoms with Gasteiger partial charge in [-0.15, -0.1) is 0 Å². The van der Waals surface area contributed by atoms with Gasteiger partial charge in [0.15, 0.2) is 0 Å². The zero-order chi connectivity index (χ0) is 18.1. The predicted octanol–water partition coefficient (Wildman–Crippen LogP) is 2.65. The Morgan fingerprint density at radius 1 is 1.28 bits per heavy atom. The molecule has 2 unspecified atom stereocenters. The zero-order valence-electron chi connectivity index (χ0n) is 15.3. The lowest BCUT2D eigenvalue weighted by atomic mass is 9.84. The van der Waals surface area contributed by atoms with E-state index in [2.05, 4.69) is 5.32 Å². The van der Waals surface area contributed by atoms with Crippen molar-refractivity contribution in [3.8, 4) is 5.75 Å². The molecule has 0 heterocycles. The molecule has 0 spiro atoms. The van der Waals surface area contributed by atoms with Gasteiger partial charge < -0.3 is 14.8 Å². The minimum absolute atomic E-state index is 0.0274. The van der Waals surface area contributed by atoms with E-state index in [4.69, 9.17) is 4.74 Å². The van der Waals surface area contributed by atoms with Crippen molar-refractivity contribution in [2.75, 3.05) is 20.1 Å². The molecule has 0 saturated heterocycles. The summed E-state index contributed by atoms with van der Waals surface area (Å²) >= 11 is 0. The third-order valence-electron chi connectivity index (χ3n) is 4.69. The van der Waals surface area contributed by atoms with Crippen LogP contribution in [0.4, 0.5) is 0 Å². The van der Waals surface area contributed by atoms with Gasteiger partial charge in [0.1, 0.15) is 18.1 Å². The maximum atomic E-state index is 12.3. The molecule has 5 nitrogen and oxygen atoms in total. The summed E-state index contributed by atoms with van der Waals surface area (Å²) in [6.45, 7) is 2.88. The first-order valence-electron chi connectivity index (χ1n) is 9.23. The molecule has 1 aliphatic rings. The summed E-state index contributed by atoms with van der Waals surface area (Å²) in [6, 6.07) is 9.31. The summed E-state index contributed by atoms with van der Waals surface area (Å²) in [4.78, 5) is 25.5. The second-order valence-electron chi connectivity index (χ2n) is 7.07. The van der Waals surface area contributed by atoms with E-state index >= 15 is 0 Å². The number of carbonyl (C=O) groups excluding carboxylic acids is 2. The quantitative estimate of drug-likeness (QED) is 0.699. The van der Waals surface area contributed by atoms with Crippen molar-refractivity contribution in [1.82, 2.24) is 10.2 Å². The van der Waals surface area contributed by atoms with Gasteiger partial charge in [-0.25, -0.2) is 0 Å². The molecule has 0 bridgehead atoms. The Kier molecular flexibility index (Phi) is 7.92. The average molecular weight is 346 g/mol. The molecule has 1 amide bonds. The van der Waals surface area contributed by atoms with E-state index in [9.17, 15) is 9.59 Å². The van der Waals surface area contributed by atoms with E-state index in [0.29, 0.717) is 12.5 Å². The molecule has 5 heteroatoms. The minimum atomic E-state index is -0.348. The van der Waals surface area contributed by atoms with Gasteiger partial charge in [0.25, 0.3) is 0 Å². The molecule has 25 heavy (non-hydrogen) atoms. The maximum absolute atomic E-state index is 12.3. The van der Waals surface area contributed by atoms with Crippen molar-refractivity contribution in [1.29, 1.82) is 0 Å². The van der Waals surface area contributed by atoms with Gasteiger partial charge in [0.05, 0.1) is 12.6 Å². The van der Waals surface area contributed by atoms with Crippen LogP contribution in [0.5, 0.6) is 5.75 Å². The van der Waals surface area contributed by atoms with Crippen LogP contribution in [0.1, 0.15) is 39.0 Å². The Hall–Kier alpha value is -1.88. The van der Waals surface area contributed by atoms with Gasteiger partial charge in [-0.2, -0.15) is 0 Å². The van der Waals surface area contributed by atoms with E-state index in [1.54, 1.807) is 0 Å². The summed E-state index contributed by atoms with van der Waals surface area (Å²) in [5.74, 6) is 1.02. The Morgan fingerprint density at radius 3 is 2.60 bits per heavy atom. The first-order valence-corrected chi connectivity index (χ1v) is 9.23. The van der Waals surface area contributed by atoms with Gasteiger partial charge in [0.2, 0.25) is 5.91 Å². The first-order chi connectivity index (χ1) is 12.1. The normalized spacial score (nSPS) is 17.7. The third-order valence-corrected chi connectivity index (χ3v) is 4.69. The molecule has 0 aromatic heterocycles. The number of rotatable bonds is 9. The van der Waals surface area contributed by atoms with E-state index < -0.39 is 0 Å². The summed E-state index contributed by atoms with van der Waals surface area (Å²) < 4.78 is 5.83. The third kappa shape index (κ3) is 6.86. The topological polar surface area (TPSA) is 58.6 Å². The number of aldehydes is 1. The number of para-hydroxylation sites is 1. The molecule has 1 N–H and O–H groups in total. The molecule has 2 rings (SSSR count). The maximum Gasteiger partial charge on any atom is 0.234 e. The second-order valence-corrected chi connectivity index (χ2v) is 7.07. The van der Waals surface area contributed by atoms with Crippen molar-refractivity contribution in [2.45, 2.75) is 51.2 Å². The van der Waals surface area contributed by atoms with Crippen LogP contribution in [0.2, 0.25) is 0 Å². The molecule has 1 aromatic rings. The SMILES string of the molecule is CC(CN(C)CC(=O)NC(C=O)C1CCCCC1)Oc1ccccc1. The summed E-state index contributed by atoms with van der Waals surface area (Å²) in [7, 11) is 1.89. The lowest BCUT2D eigenvalue weighted by Gasteiger charge is -2.28. The van der Waals surface area contributed by atoms with Crippen molar-refractivity contribution >= 4 is 12.2 Å². The number of nitrogens with one attached hydrogen (secondary N) is 1. The fraction of sp³-hybridized carbons (Fsp3) is 0.600. The van der Waals surface area contributed by atoms with Crippen molar-refractivity contribution in [3.05, 3.63) is 30.3 Å². The van der Waals surface area contributed by atoms with Crippen LogP contribution in [0.3, 0.4) is 0 Å². The molecule has 1 fully saturated rings. The van der Waals surface area contributed by atoms with Crippen LogP contribution < -0.4 is 10.1 Å². The molecule has 138 valence electrons. The number of benzene rings is 1. The lowest BCUT2D eigenvalue weighted by Crippen LogP contribution is -2.46. The fourth-order valence-electron chi connectivity index (χ4n) is 3.51. The molecule has 2 atom stereocenters. The Balaban J connectivity index is 1.73. The van der Waals surface area contributed by atoms with Crippen molar-refractivity contribution in [2.24, 2.45) is 5.92 Å². The van der Waals surface area contributed by atoms with E-state index in [-0.39, 0.29) is 24.6 Å². The Labute approximate surface area is 150 Å². The molecule has 0 radical (unpaired) electrons. The van der Waals surface area contributed by atoms with E-state index in [1.165, 1.54) is 6.42 Å². The van der Waals surface area contributed by atoms with Crippen LogP contribution in [0, 0.1) is 5.92 Å². The molecule has 1 saturated carbocycles. The highest BCUT2D eigenvalue weighted by Crippen LogP contribution is 2.25. The monoisotopic (exact) mass is 346 g/mol. The number of carbonyl (C=O) groups is 2. The molecular formula is C20H30N2O3. The second kappa shape index (κ2) is 10.2. The number of nitrogens with zero attached hydrogens (tertiary/aromatic N) is 1. The Morgan fingerprint density at radius 2 is 1.96 bits per heavy atom. The predicted molar refractivity (Wildman–Crippen MR) is 98.6 cm³/mol. The largest absolute Gasteiger partial charge is 0.489 e. The minimum Gasteiger partial charge on any atom is -0.489 e. The number of hydrogen-bond acceptors (Lipinski definition) is 4. The van der Waals surface area contributed by atoms with Gasteiger partial charge >= 0.3 is 0 Å². The van der Waals surface area contributed by atoms with Crippen LogP contribution in [-0.2, 0) is 9.59 Å². The molecule has 0 aliphatic heterocycles. The van der Waals surface area contributed by atoms with Gasteiger partial charge in [-0.3, -0.25) is 9.69 Å². The number of likely N-dealkylation sites (N-methyl/N-ethyl adjacent to an activating group) is 1. The van der Waals surface area contributed by atoms with Crippen LogP contribution >= 0.6 is 0 Å². The van der Waals surface area contributed by atoms with Crippen LogP contribution in [-0.4, -0.2) is 49.4 Å². The summed E-state index contributed by atoms with van der Waals surface area (Å²) in [5.41, 5.74) is 0. The highest BCUT2D eigenvalue weighted by Gasteiger charge is 2.25. The Bertz CT molecular complexity index is 529. The number of ether oxygens (including phenoxy) is 1. The average Bonchev–Trinajstić information content (AvgIpc) is 2.61. The highest BCUT2D eigenvalue weighted by atomic mass is 16.5. The van der Waals surface area contributed by atoms with Crippen molar-refractivity contribution in [3.63, 3.8) is 0 Å². The fourth-order valence-corrected chi connectivity index (χ4v) is 3.51. The molecule has 1 aliphatic carbocycles. The first kappa shape index (κ1) is 19.4. The smallest absolute Gasteiger partial charge is 0.234 e. The van der Waals surface area contributed by atoms with Crippen LogP contribution in [0.25, 0.3) is 0 Å². The lowest BCUT2D eigenvalue weighted by molar-refractivity contribution is -0.125.